The highest BCUT2D eigenvalue weighted by Gasteiger charge is 2.35. The molecule has 2 aromatic rings. The predicted octanol–water partition coefficient (Wildman–Crippen LogP) is 2.51. The fourth-order valence-corrected chi connectivity index (χ4v) is 3.60. The van der Waals surface area contributed by atoms with Gasteiger partial charge in [0.05, 0.1) is 11.1 Å². The molecule has 6 heteroatoms. The molecule has 0 aliphatic heterocycles. The summed E-state index contributed by atoms with van der Waals surface area (Å²) in [7, 11) is 0. The summed E-state index contributed by atoms with van der Waals surface area (Å²) >= 11 is 0. The Morgan fingerprint density at radius 2 is 1.58 bits per heavy atom. The van der Waals surface area contributed by atoms with Gasteiger partial charge < -0.3 is 9.55 Å². The van der Waals surface area contributed by atoms with Crippen molar-refractivity contribution in [3.63, 3.8) is 0 Å². The average Bonchev–Trinajstić information content (AvgIpc) is 2.57. The second kappa shape index (κ2) is 6.86. The molecule has 0 unspecified atom stereocenters. The molecule has 3 rings (SSSR count). The third kappa shape index (κ3) is 2.85. The second-order valence-corrected chi connectivity index (χ2v) is 6.83. The van der Waals surface area contributed by atoms with Crippen molar-refractivity contribution in [2.24, 2.45) is 0 Å². The van der Waals surface area contributed by atoms with E-state index in [1.807, 2.05) is 0 Å². The number of ketones is 2. The lowest BCUT2D eigenvalue weighted by Gasteiger charge is -2.23. The van der Waals surface area contributed by atoms with Crippen molar-refractivity contribution in [1.82, 2.24) is 9.55 Å². The van der Waals surface area contributed by atoms with Crippen LogP contribution < -0.4 is 11.1 Å². The number of H-pyrrole nitrogens is 1. The number of unbranched alkanes of at least 4 members (excludes halogenated alkanes) is 3. The Balaban J connectivity index is 2.20. The third-order valence-electron chi connectivity index (χ3n) is 4.88. The van der Waals surface area contributed by atoms with Gasteiger partial charge in [-0.2, -0.15) is 0 Å². The van der Waals surface area contributed by atoms with Crippen LogP contribution in [0.2, 0.25) is 0 Å². The molecule has 26 heavy (non-hydrogen) atoms. The molecule has 0 radical (unpaired) electrons. The first-order valence-corrected chi connectivity index (χ1v) is 8.94. The zero-order valence-corrected chi connectivity index (χ0v) is 15.3. The first kappa shape index (κ1) is 18.0. The fraction of sp³-hybridized carbons (Fsp3) is 0.400. The van der Waals surface area contributed by atoms with Crippen LogP contribution in [0.1, 0.15) is 75.8 Å². The van der Waals surface area contributed by atoms with Crippen molar-refractivity contribution in [3.8, 4) is 0 Å². The summed E-state index contributed by atoms with van der Waals surface area (Å²) in [5, 5.41) is 0. The maximum Gasteiger partial charge on any atom is 0.251 e. The largest absolute Gasteiger partial charge is 0.318 e. The van der Waals surface area contributed by atoms with E-state index in [-0.39, 0.29) is 33.9 Å². The molecule has 1 N–H and O–H groups in total. The highest BCUT2D eigenvalue weighted by molar-refractivity contribution is 6.27. The predicted molar refractivity (Wildman–Crippen MR) is 98.2 cm³/mol. The molecule has 2 heterocycles. The zero-order valence-electron chi connectivity index (χ0n) is 15.3. The van der Waals surface area contributed by atoms with Gasteiger partial charge in [-0.15, -0.1) is 0 Å². The quantitative estimate of drug-likeness (QED) is 0.713. The number of hydrogen-bond donors (Lipinski definition) is 1. The van der Waals surface area contributed by atoms with Crippen molar-refractivity contribution in [2.45, 2.75) is 53.0 Å². The molecule has 0 fully saturated rings. The van der Waals surface area contributed by atoms with Gasteiger partial charge in [0.15, 0.2) is 5.78 Å². The number of hydrogen-bond acceptors (Lipinski definition) is 4. The van der Waals surface area contributed by atoms with Gasteiger partial charge in [-0.3, -0.25) is 19.2 Å². The van der Waals surface area contributed by atoms with E-state index in [0.29, 0.717) is 17.7 Å². The SMILES string of the molecule is CCCCCCn1c2c(c(C)cc1=O)C(=O)c1c(C)cc(=O)[nH]c1C2=O. The van der Waals surface area contributed by atoms with Crippen LogP contribution in [-0.4, -0.2) is 21.1 Å². The number of rotatable bonds is 5. The fourth-order valence-electron chi connectivity index (χ4n) is 3.60. The minimum absolute atomic E-state index is 0.0141. The van der Waals surface area contributed by atoms with Crippen LogP contribution in [0.15, 0.2) is 21.7 Å². The summed E-state index contributed by atoms with van der Waals surface area (Å²) in [6, 6.07) is 2.72. The molecule has 136 valence electrons. The van der Waals surface area contributed by atoms with Gasteiger partial charge in [0.2, 0.25) is 11.3 Å². The number of carbonyl (C=O) groups excluding carboxylic acids is 2. The molecule has 1 aliphatic rings. The highest BCUT2D eigenvalue weighted by Crippen LogP contribution is 2.28. The summed E-state index contributed by atoms with van der Waals surface area (Å²) in [4.78, 5) is 52.9. The Kier molecular flexibility index (Phi) is 4.76. The van der Waals surface area contributed by atoms with Crippen LogP contribution in [0.25, 0.3) is 0 Å². The topological polar surface area (TPSA) is 89.0 Å². The lowest BCUT2D eigenvalue weighted by Crippen LogP contribution is -2.35. The van der Waals surface area contributed by atoms with Crippen molar-refractivity contribution in [1.29, 1.82) is 0 Å². The minimum Gasteiger partial charge on any atom is -0.318 e. The van der Waals surface area contributed by atoms with E-state index < -0.39 is 11.3 Å². The molecule has 6 nitrogen and oxygen atoms in total. The Hall–Kier alpha value is -2.76. The Morgan fingerprint density at radius 1 is 0.885 bits per heavy atom. The Labute approximate surface area is 150 Å². The molecule has 0 atom stereocenters. The number of aromatic amines is 1. The molecule has 0 saturated heterocycles. The third-order valence-corrected chi connectivity index (χ3v) is 4.88. The Bertz CT molecular complexity index is 1030. The van der Waals surface area contributed by atoms with E-state index in [0.717, 1.165) is 25.7 Å². The average molecular weight is 354 g/mol. The second-order valence-electron chi connectivity index (χ2n) is 6.83. The summed E-state index contributed by atoms with van der Waals surface area (Å²) in [6.45, 7) is 5.78. The first-order chi connectivity index (χ1) is 12.4. The van der Waals surface area contributed by atoms with E-state index in [4.69, 9.17) is 0 Å². The van der Waals surface area contributed by atoms with Crippen LogP contribution >= 0.6 is 0 Å². The maximum atomic E-state index is 13.1. The van der Waals surface area contributed by atoms with Crippen molar-refractivity contribution >= 4 is 11.6 Å². The first-order valence-electron chi connectivity index (χ1n) is 8.94. The maximum absolute atomic E-state index is 13.1. The summed E-state index contributed by atoms with van der Waals surface area (Å²) in [5.41, 5.74) is 0.809. The van der Waals surface area contributed by atoms with Gasteiger partial charge in [-0.1, -0.05) is 26.2 Å². The number of fused-ring (bicyclic) bond motifs is 2. The van der Waals surface area contributed by atoms with Crippen LogP contribution in [0, 0.1) is 13.8 Å². The molecule has 2 aromatic heterocycles. The van der Waals surface area contributed by atoms with Crippen LogP contribution in [0.3, 0.4) is 0 Å². The molecule has 0 saturated carbocycles. The number of nitrogens with one attached hydrogen (secondary N) is 1. The van der Waals surface area contributed by atoms with Gasteiger partial charge in [0.1, 0.15) is 11.4 Å². The zero-order chi connectivity index (χ0) is 19.0. The monoisotopic (exact) mass is 354 g/mol. The van der Waals surface area contributed by atoms with Crippen LogP contribution in [-0.2, 0) is 6.54 Å². The number of pyridine rings is 2. The van der Waals surface area contributed by atoms with Gasteiger partial charge in [-0.05, 0) is 31.4 Å². The number of carbonyl (C=O) groups is 2. The summed E-state index contributed by atoms with van der Waals surface area (Å²) < 4.78 is 1.39. The Morgan fingerprint density at radius 3 is 2.27 bits per heavy atom. The van der Waals surface area contributed by atoms with Crippen LogP contribution in [0.4, 0.5) is 0 Å². The number of nitrogens with zero attached hydrogens (tertiary/aromatic N) is 1. The van der Waals surface area contributed by atoms with Gasteiger partial charge in [0.25, 0.3) is 5.56 Å². The highest BCUT2D eigenvalue weighted by atomic mass is 16.2. The van der Waals surface area contributed by atoms with Crippen molar-refractivity contribution < 1.29 is 9.59 Å². The molecule has 0 aromatic carbocycles. The van der Waals surface area contributed by atoms with E-state index >= 15 is 0 Å². The minimum atomic E-state index is -0.466. The summed E-state index contributed by atoms with van der Waals surface area (Å²) in [6.07, 6.45) is 3.80. The van der Waals surface area contributed by atoms with Crippen molar-refractivity contribution in [2.75, 3.05) is 0 Å². The number of aromatic nitrogens is 2. The van der Waals surface area contributed by atoms with Gasteiger partial charge >= 0.3 is 0 Å². The van der Waals surface area contributed by atoms with E-state index in [1.165, 1.54) is 16.7 Å². The molecule has 0 bridgehead atoms. The van der Waals surface area contributed by atoms with Crippen molar-refractivity contribution in [3.05, 3.63) is 66.5 Å². The van der Waals surface area contributed by atoms with E-state index in [2.05, 4.69) is 11.9 Å². The van der Waals surface area contributed by atoms with Crippen LogP contribution in [0.5, 0.6) is 0 Å². The normalized spacial score (nSPS) is 12.9. The molecule has 1 aliphatic carbocycles. The molecule has 0 amide bonds. The molecule has 0 spiro atoms. The standard InChI is InChI=1S/C20H22N2O4/c1-4-5-6-7-8-22-14(24)10-12(3)16-18(22)20(26)17-15(19(16)25)11(2)9-13(23)21-17/h9-10H,4-8H2,1-3H3,(H,21,23). The molecular formula is C20H22N2O4. The van der Waals surface area contributed by atoms with E-state index in [9.17, 15) is 19.2 Å². The lowest BCUT2D eigenvalue weighted by molar-refractivity contribution is 0.0965. The van der Waals surface area contributed by atoms with Gasteiger partial charge in [-0.25, -0.2) is 0 Å². The van der Waals surface area contributed by atoms with E-state index in [1.54, 1.807) is 13.8 Å². The molecular weight excluding hydrogens is 332 g/mol. The number of aryl methyl sites for hydroxylation is 2. The van der Waals surface area contributed by atoms with Gasteiger partial charge in [0, 0.05) is 18.7 Å². The summed E-state index contributed by atoms with van der Waals surface area (Å²) in [5.74, 6) is -0.783. The smallest absolute Gasteiger partial charge is 0.251 e. The lowest BCUT2D eigenvalue weighted by atomic mass is 9.85.